The van der Waals surface area contributed by atoms with Gasteiger partial charge in [0.15, 0.2) is 11.5 Å². The van der Waals surface area contributed by atoms with E-state index in [0.717, 1.165) is 5.56 Å². The Bertz CT molecular complexity index is 1020. The first-order chi connectivity index (χ1) is 13.5. The van der Waals surface area contributed by atoms with Crippen molar-refractivity contribution in [3.63, 3.8) is 0 Å². The standard InChI is InChI=1S/C20H19N3O4S/c1-12(24)21-13-6-4-7-14(10-13)22-19(25)16-11-28-20(23-16)15-8-5-9-17(26-2)18(15)27-3/h4-11H,1-3H3,(H,21,24)(H,22,25). The molecule has 0 atom stereocenters. The van der Waals surface area contributed by atoms with Crippen molar-refractivity contribution in [1.82, 2.24) is 4.98 Å². The summed E-state index contributed by atoms with van der Waals surface area (Å²) in [5.74, 6) is 0.634. The first-order valence-corrected chi connectivity index (χ1v) is 9.25. The van der Waals surface area contributed by atoms with Gasteiger partial charge in [-0.1, -0.05) is 12.1 Å². The number of amides is 2. The number of hydrogen-bond donors (Lipinski definition) is 2. The molecule has 2 aromatic carbocycles. The molecule has 3 rings (SSSR count). The highest BCUT2D eigenvalue weighted by Gasteiger charge is 2.17. The molecule has 0 spiro atoms. The van der Waals surface area contributed by atoms with Crippen molar-refractivity contribution in [1.29, 1.82) is 0 Å². The zero-order chi connectivity index (χ0) is 20.1. The van der Waals surface area contributed by atoms with Crippen LogP contribution in [0.3, 0.4) is 0 Å². The van der Waals surface area contributed by atoms with Crippen molar-refractivity contribution >= 4 is 34.5 Å². The molecule has 144 valence electrons. The van der Waals surface area contributed by atoms with Crippen LogP contribution in [-0.4, -0.2) is 31.0 Å². The van der Waals surface area contributed by atoms with Gasteiger partial charge < -0.3 is 20.1 Å². The Morgan fingerprint density at radius 3 is 2.39 bits per heavy atom. The Labute approximate surface area is 166 Å². The second kappa shape index (κ2) is 8.53. The Kier molecular flexibility index (Phi) is 5.90. The number of para-hydroxylation sites is 1. The predicted octanol–water partition coefficient (Wildman–Crippen LogP) is 4.04. The van der Waals surface area contributed by atoms with Crippen LogP contribution in [0.4, 0.5) is 11.4 Å². The number of ether oxygens (including phenoxy) is 2. The Hall–Kier alpha value is -3.39. The van der Waals surface area contributed by atoms with E-state index in [2.05, 4.69) is 15.6 Å². The summed E-state index contributed by atoms with van der Waals surface area (Å²) in [6.45, 7) is 1.43. The molecule has 0 bridgehead atoms. The number of rotatable bonds is 6. The summed E-state index contributed by atoms with van der Waals surface area (Å²) in [7, 11) is 3.13. The first kappa shape index (κ1) is 19.4. The van der Waals surface area contributed by atoms with E-state index in [1.165, 1.54) is 18.3 Å². The van der Waals surface area contributed by atoms with Gasteiger partial charge in [0.05, 0.1) is 19.8 Å². The molecule has 0 unspecified atom stereocenters. The third kappa shape index (κ3) is 4.29. The minimum atomic E-state index is -0.343. The van der Waals surface area contributed by atoms with E-state index in [-0.39, 0.29) is 17.5 Å². The molecular weight excluding hydrogens is 378 g/mol. The molecule has 8 heteroatoms. The summed E-state index contributed by atoms with van der Waals surface area (Å²) < 4.78 is 10.8. The van der Waals surface area contributed by atoms with Crippen LogP contribution in [0, 0.1) is 0 Å². The molecule has 28 heavy (non-hydrogen) atoms. The van der Waals surface area contributed by atoms with Gasteiger partial charge in [0.2, 0.25) is 5.91 Å². The molecule has 2 amide bonds. The third-order valence-corrected chi connectivity index (χ3v) is 4.69. The maximum Gasteiger partial charge on any atom is 0.275 e. The van der Waals surface area contributed by atoms with Crippen molar-refractivity contribution in [3.05, 3.63) is 53.5 Å². The Balaban J connectivity index is 1.81. The number of methoxy groups -OCH3 is 2. The van der Waals surface area contributed by atoms with Gasteiger partial charge in [0.25, 0.3) is 5.91 Å². The van der Waals surface area contributed by atoms with Gasteiger partial charge in [0, 0.05) is 23.7 Å². The van der Waals surface area contributed by atoms with Crippen LogP contribution in [0.5, 0.6) is 11.5 Å². The van der Waals surface area contributed by atoms with Gasteiger partial charge in [-0.15, -0.1) is 11.3 Å². The molecule has 3 aromatic rings. The van der Waals surface area contributed by atoms with E-state index in [9.17, 15) is 9.59 Å². The van der Waals surface area contributed by atoms with E-state index >= 15 is 0 Å². The second-order valence-electron chi connectivity index (χ2n) is 5.80. The maximum atomic E-state index is 12.6. The van der Waals surface area contributed by atoms with Crippen LogP contribution in [0.1, 0.15) is 17.4 Å². The zero-order valence-electron chi connectivity index (χ0n) is 15.6. The molecule has 1 heterocycles. The van der Waals surface area contributed by atoms with Crippen molar-refractivity contribution in [2.75, 3.05) is 24.9 Å². The Morgan fingerprint density at radius 2 is 1.71 bits per heavy atom. The molecule has 0 aliphatic rings. The second-order valence-corrected chi connectivity index (χ2v) is 6.65. The van der Waals surface area contributed by atoms with E-state index < -0.39 is 0 Å². The molecule has 7 nitrogen and oxygen atoms in total. The van der Waals surface area contributed by atoms with Crippen molar-refractivity contribution in [2.45, 2.75) is 6.92 Å². The molecule has 0 saturated heterocycles. The van der Waals surface area contributed by atoms with Crippen molar-refractivity contribution in [3.8, 4) is 22.1 Å². The molecule has 0 fully saturated rings. The van der Waals surface area contributed by atoms with Crippen LogP contribution < -0.4 is 20.1 Å². The normalized spacial score (nSPS) is 10.2. The van der Waals surface area contributed by atoms with Gasteiger partial charge in [-0.3, -0.25) is 9.59 Å². The smallest absolute Gasteiger partial charge is 0.275 e. The predicted molar refractivity (Wildman–Crippen MR) is 109 cm³/mol. The van der Waals surface area contributed by atoms with Gasteiger partial charge in [-0.2, -0.15) is 0 Å². The van der Waals surface area contributed by atoms with Gasteiger partial charge in [-0.05, 0) is 30.3 Å². The fourth-order valence-corrected chi connectivity index (χ4v) is 3.45. The fourth-order valence-electron chi connectivity index (χ4n) is 2.63. The topological polar surface area (TPSA) is 89.5 Å². The first-order valence-electron chi connectivity index (χ1n) is 8.37. The number of nitrogens with zero attached hydrogens (tertiary/aromatic N) is 1. The highest BCUT2D eigenvalue weighted by molar-refractivity contribution is 7.13. The summed E-state index contributed by atoms with van der Waals surface area (Å²) in [5, 5.41) is 7.79. The van der Waals surface area contributed by atoms with Gasteiger partial charge in [0.1, 0.15) is 10.7 Å². The van der Waals surface area contributed by atoms with E-state index in [0.29, 0.717) is 27.9 Å². The van der Waals surface area contributed by atoms with Crippen LogP contribution in [-0.2, 0) is 4.79 Å². The highest BCUT2D eigenvalue weighted by Crippen LogP contribution is 2.39. The average Bonchev–Trinajstić information content (AvgIpc) is 3.17. The molecule has 2 N–H and O–H groups in total. The lowest BCUT2D eigenvalue weighted by Crippen LogP contribution is -2.13. The number of carbonyl (C=O) groups excluding carboxylic acids is 2. The number of nitrogens with one attached hydrogen (secondary N) is 2. The minimum Gasteiger partial charge on any atom is -0.493 e. The van der Waals surface area contributed by atoms with Gasteiger partial charge in [-0.25, -0.2) is 4.98 Å². The summed E-state index contributed by atoms with van der Waals surface area (Å²) in [6, 6.07) is 12.4. The van der Waals surface area contributed by atoms with Gasteiger partial charge >= 0.3 is 0 Å². The molecule has 0 aliphatic heterocycles. The maximum absolute atomic E-state index is 12.6. The minimum absolute atomic E-state index is 0.181. The van der Waals surface area contributed by atoms with Crippen molar-refractivity contribution < 1.29 is 19.1 Å². The molecule has 1 aromatic heterocycles. The van der Waals surface area contributed by atoms with Crippen LogP contribution in [0.25, 0.3) is 10.6 Å². The van der Waals surface area contributed by atoms with E-state index in [1.807, 2.05) is 12.1 Å². The lowest BCUT2D eigenvalue weighted by molar-refractivity contribution is -0.114. The van der Waals surface area contributed by atoms with E-state index in [4.69, 9.17) is 9.47 Å². The van der Waals surface area contributed by atoms with E-state index in [1.54, 1.807) is 49.9 Å². The molecule has 0 saturated carbocycles. The summed E-state index contributed by atoms with van der Waals surface area (Å²) in [6.07, 6.45) is 0. The Morgan fingerprint density at radius 1 is 1.00 bits per heavy atom. The van der Waals surface area contributed by atoms with Crippen LogP contribution in [0.2, 0.25) is 0 Å². The van der Waals surface area contributed by atoms with Crippen molar-refractivity contribution in [2.24, 2.45) is 0 Å². The number of benzene rings is 2. The quantitative estimate of drug-likeness (QED) is 0.655. The van der Waals surface area contributed by atoms with Crippen LogP contribution in [0.15, 0.2) is 47.8 Å². The largest absolute Gasteiger partial charge is 0.493 e. The lowest BCUT2D eigenvalue weighted by atomic mass is 10.2. The monoisotopic (exact) mass is 397 g/mol. The summed E-state index contributed by atoms with van der Waals surface area (Å²) >= 11 is 1.34. The number of thiazole rings is 1. The average molecular weight is 397 g/mol. The summed E-state index contributed by atoms with van der Waals surface area (Å²) in [4.78, 5) is 28.2. The number of hydrogen-bond acceptors (Lipinski definition) is 6. The lowest BCUT2D eigenvalue weighted by Gasteiger charge is -2.10. The molecule has 0 aliphatic carbocycles. The number of anilines is 2. The zero-order valence-corrected chi connectivity index (χ0v) is 16.4. The number of aromatic nitrogens is 1. The SMILES string of the molecule is COc1cccc(-c2nc(C(=O)Nc3cccc(NC(C)=O)c3)cs2)c1OC. The third-order valence-electron chi connectivity index (χ3n) is 3.81. The number of carbonyl (C=O) groups is 2. The molecular formula is C20H19N3O4S. The fraction of sp³-hybridized carbons (Fsp3) is 0.150. The summed E-state index contributed by atoms with van der Waals surface area (Å²) in [5.41, 5.74) is 2.20. The molecule has 0 radical (unpaired) electrons. The highest BCUT2D eigenvalue weighted by atomic mass is 32.1. The van der Waals surface area contributed by atoms with Crippen LogP contribution >= 0.6 is 11.3 Å².